The third-order valence-corrected chi connectivity index (χ3v) is 3.70. The SMILES string of the molecule is c1ccc(CN=C(Nc2ccccc2)N2CCNCC2)cc1. The summed E-state index contributed by atoms with van der Waals surface area (Å²) in [5, 5.41) is 6.85. The van der Waals surface area contributed by atoms with Crippen molar-refractivity contribution in [1.82, 2.24) is 10.2 Å². The molecule has 0 atom stereocenters. The lowest BCUT2D eigenvalue weighted by atomic mass is 10.2. The van der Waals surface area contributed by atoms with Gasteiger partial charge in [-0.2, -0.15) is 0 Å². The van der Waals surface area contributed by atoms with Crippen LogP contribution in [0.25, 0.3) is 0 Å². The van der Waals surface area contributed by atoms with Gasteiger partial charge < -0.3 is 15.5 Å². The molecule has 1 aliphatic heterocycles. The van der Waals surface area contributed by atoms with Crippen LogP contribution in [0.4, 0.5) is 5.69 Å². The number of guanidine groups is 1. The molecule has 1 heterocycles. The summed E-state index contributed by atoms with van der Waals surface area (Å²) in [5.41, 5.74) is 2.30. The Balaban J connectivity index is 1.75. The van der Waals surface area contributed by atoms with Gasteiger partial charge in [0, 0.05) is 31.9 Å². The molecule has 0 bridgehead atoms. The third-order valence-electron chi connectivity index (χ3n) is 3.70. The van der Waals surface area contributed by atoms with Crippen molar-refractivity contribution in [2.45, 2.75) is 6.54 Å². The molecule has 0 spiro atoms. The van der Waals surface area contributed by atoms with Crippen molar-refractivity contribution < 1.29 is 0 Å². The maximum atomic E-state index is 4.82. The van der Waals surface area contributed by atoms with Crippen molar-refractivity contribution in [2.75, 3.05) is 31.5 Å². The summed E-state index contributed by atoms with van der Waals surface area (Å²) in [4.78, 5) is 7.13. The van der Waals surface area contributed by atoms with Gasteiger partial charge in [-0.3, -0.25) is 0 Å². The molecule has 4 heteroatoms. The van der Waals surface area contributed by atoms with Crippen molar-refractivity contribution in [3.8, 4) is 0 Å². The number of para-hydroxylation sites is 1. The average Bonchev–Trinajstić information content (AvgIpc) is 2.61. The van der Waals surface area contributed by atoms with E-state index < -0.39 is 0 Å². The summed E-state index contributed by atoms with van der Waals surface area (Å²) in [6, 6.07) is 20.6. The number of aliphatic imine (C=N–C) groups is 1. The zero-order chi connectivity index (χ0) is 15.0. The quantitative estimate of drug-likeness (QED) is 0.675. The van der Waals surface area contributed by atoms with Crippen molar-refractivity contribution >= 4 is 11.6 Å². The van der Waals surface area contributed by atoms with E-state index in [1.165, 1.54) is 5.56 Å². The zero-order valence-corrected chi connectivity index (χ0v) is 12.7. The summed E-state index contributed by atoms with van der Waals surface area (Å²) < 4.78 is 0. The van der Waals surface area contributed by atoms with Gasteiger partial charge in [-0.15, -0.1) is 0 Å². The number of nitrogens with one attached hydrogen (secondary N) is 2. The maximum Gasteiger partial charge on any atom is 0.198 e. The fourth-order valence-corrected chi connectivity index (χ4v) is 2.50. The lowest BCUT2D eigenvalue weighted by Crippen LogP contribution is -2.48. The summed E-state index contributed by atoms with van der Waals surface area (Å²) in [6.45, 7) is 4.66. The first kappa shape index (κ1) is 14.6. The van der Waals surface area contributed by atoms with Crippen molar-refractivity contribution in [3.63, 3.8) is 0 Å². The van der Waals surface area contributed by atoms with Crippen LogP contribution in [0.15, 0.2) is 65.7 Å². The van der Waals surface area contributed by atoms with Gasteiger partial charge in [0.25, 0.3) is 0 Å². The van der Waals surface area contributed by atoms with Crippen LogP contribution < -0.4 is 10.6 Å². The van der Waals surface area contributed by atoms with Crippen LogP contribution in [0.2, 0.25) is 0 Å². The Labute approximate surface area is 131 Å². The minimum absolute atomic E-state index is 0.694. The van der Waals surface area contributed by atoms with Gasteiger partial charge in [0.15, 0.2) is 5.96 Å². The highest BCUT2D eigenvalue weighted by molar-refractivity contribution is 5.93. The summed E-state index contributed by atoms with van der Waals surface area (Å²) in [5.74, 6) is 0.955. The van der Waals surface area contributed by atoms with Crippen molar-refractivity contribution in [2.24, 2.45) is 4.99 Å². The Kier molecular flexibility index (Phi) is 5.05. The molecule has 1 saturated heterocycles. The van der Waals surface area contributed by atoms with E-state index >= 15 is 0 Å². The minimum Gasteiger partial charge on any atom is -0.340 e. The summed E-state index contributed by atoms with van der Waals surface area (Å²) in [7, 11) is 0. The van der Waals surface area contributed by atoms with E-state index in [0.717, 1.165) is 37.8 Å². The second kappa shape index (κ2) is 7.61. The second-order valence-electron chi connectivity index (χ2n) is 5.35. The first-order valence-corrected chi connectivity index (χ1v) is 7.78. The summed E-state index contributed by atoms with van der Waals surface area (Å²) in [6.07, 6.45) is 0. The fraction of sp³-hybridized carbons (Fsp3) is 0.278. The van der Waals surface area contributed by atoms with Crippen LogP contribution in [0.5, 0.6) is 0 Å². The predicted octanol–water partition coefficient (Wildman–Crippen LogP) is 2.56. The zero-order valence-electron chi connectivity index (χ0n) is 12.7. The molecule has 1 fully saturated rings. The van der Waals surface area contributed by atoms with E-state index in [1.807, 2.05) is 24.3 Å². The van der Waals surface area contributed by atoms with Crippen LogP contribution in [0, 0.1) is 0 Å². The Morgan fingerprint density at radius 1 is 0.955 bits per heavy atom. The lowest BCUT2D eigenvalue weighted by Gasteiger charge is -2.30. The molecule has 0 radical (unpaired) electrons. The molecule has 2 aromatic rings. The highest BCUT2D eigenvalue weighted by Crippen LogP contribution is 2.09. The van der Waals surface area contributed by atoms with Gasteiger partial charge in [0.1, 0.15) is 0 Å². The van der Waals surface area contributed by atoms with E-state index in [0.29, 0.717) is 6.54 Å². The van der Waals surface area contributed by atoms with Crippen molar-refractivity contribution in [3.05, 3.63) is 66.2 Å². The molecule has 4 nitrogen and oxygen atoms in total. The number of anilines is 1. The molecule has 1 aliphatic rings. The largest absolute Gasteiger partial charge is 0.340 e. The smallest absolute Gasteiger partial charge is 0.198 e. The van der Waals surface area contributed by atoms with Gasteiger partial charge >= 0.3 is 0 Å². The maximum absolute atomic E-state index is 4.82. The minimum atomic E-state index is 0.694. The van der Waals surface area contributed by atoms with Gasteiger partial charge in [0.05, 0.1) is 6.54 Å². The molecule has 2 N–H and O–H groups in total. The first-order chi connectivity index (χ1) is 10.9. The predicted molar refractivity (Wildman–Crippen MR) is 92.1 cm³/mol. The Morgan fingerprint density at radius 2 is 1.59 bits per heavy atom. The number of hydrogen-bond donors (Lipinski definition) is 2. The van der Waals surface area contributed by atoms with Crippen LogP contribution in [0.1, 0.15) is 5.56 Å². The lowest BCUT2D eigenvalue weighted by molar-refractivity contribution is 0.355. The number of piperazine rings is 1. The second-order valence-corrected chi connectivity index (χ2v) is 5.35. The van der Waals surface area contributed by atoms with Gasteiger partial charge in [-0.1, -0.05) is 48.5 Å². The standard InChI is InChI=1S/C18H22N4/c1-3-7-16(8-4-1)15-20-18(22-13-11-19-12-14-22)21-17-9-5-2-6-10-17/h1-10,19H,11-15H2,(H,20,21). The number of rotatable bonds is 3. The Bertz CT molecular complexity index is 589. The average molecular weight is 294 g/mol. The number of benzene rings is 2. The molecule has 2 aromatic carbocycles. The van der Waals surface area contributed by atoms with Crippen LogP contribution in [-0.4, -0.2) is 37.0 Å². The monoisotopic (exact) mass is 294 g/mol. The van der Waals surface area contributed by atoms with Crippen LogP contribution in [0.3, 0.4) is 0 Å². The van der Waals surface area contributed by atoms with Crippen molar-refractivity contribution in [1.29, 1.82) is 0 Å². The van der Waals surface area contributed by atoms with Gasteiger partial charge in [-0.05, 0) is 17.7 Å². The van der Waals surface area contributed by atoms with Crippen LogP contribution in [-0.2, 0) is 6.54 Å². The molecular weight excluding hydrogens is 272 g/mol. The summed E-state index contributed by atoms with van der Waals surface area (Å²) >= 11 is 0. The van der Waals surface area contributed by atoms with E-state index in [9.17, 15) is 0 Å². The van der Waals surface area contributed by atoms with E-state index in [4.69, 9.17) is 4.99 Å². The van der Waals surface area contributed by atoms with Crippen LogP contribution >= 0.6 is 0 Å². The third kappa shape index (κ3) is 4.09. The first-order valence-electron chi connectivity index (χ1n) is 7.78. The fourth-order valence-electron chi connectivity index (χ4n) is 2.50. The molecule has 0 aromatic heterocycles. The molecule has 0 unspecified atom stereocenters. The normalized spacial score (nSPS) is 15.6. The van der Waals surface area contributed by atoms with E-state index in [1.54, 1.807) is 0 Å². The molecule has 22 heavy (non-hydrogen) atoms. The molecule has 0 amide bonds. The molecule has 0 saturated carbocycles. The topological polar surface area (TPSA) is 39.7 Å². The molecular formula is C18H22N4. The molecule has 3 rings (SSSR count). The Morgan fingerprint density at radius 3 is 2.27 bits per heavy atom. The number of hydrogen-bond acceptors (Lipinski definition) is 2. The van der Waals surface area contributed by atoms with Gasteiger partial charge in [-0.25, -0.2) is 4.99 Å². The van der Waals surface area contributed by atoms with Gasteiger partial charge in [0.2, 0.25) is 0 Å². The highest BCUT2D eigenvalue weighted by Gasteiger charge is 2.14. The molecule has 114 valence electrons. The number of nitrogens with zero attached hydrogens (tertiary/aromatic N) is 2. The van der Waals surface area contributed by atoms with E-state index in [2.05, 4.69) is 51.9 Å². The molecule has 0 aliphatic carbocycles. The van der Waals surface area contributed by atoms with E-state index in [-0.39, 0.29) is 0 Å². The Hall–Kier alpha value is -2.33. The highest BCUT2D eigenvalue weighted by atomic mass is 15.3.